The highest BCUT2D eigenvalue weighted by Gasteiger charge is 2.43. The summed E-state index contributed by atoms with van der Waals surface area (Å²) in [5, 5.41) is 2.13. The second-order valence-corrected chi connectivity index (χ2v) is 3.53. The maximum absolute atomic E-state index is 11.2. The number of cyclic esters (lactones) is 1. The quantitative estimate of drug-likeness (QED) is 0.677. The lowest BCUT2D eigenvalue weighted by Crippen LogP contribution is -2.35. The summed E-state index contributed by atoms with van der Waals surface area (Å²) < 4.78 is 4.91. The number of carbonyl (C=O) groups excluding carboxylic acids is 2. The van der Waals surface area contributed by atoms with Gasteiger partial charge in [0.1, 0.15) is 0 Å². The van der Waals surface area contributed by atoms with Crippen molar-refractivity contribution in [3.05, 3.63) is 0 Å². The molecule has 0 radical (unpaired) electrons. The van der Waals surface area contributed by atoms with E-state index in [9.17, 15) is 9.59 Å². The average molecular weight is 185 g/mol. The first-order chi connectivity index (χ1) is 6.08. The molecule has 2 amide bonds. The van der Waals surface area contributed by atoms with Crippen LogP contribution in [0.3, 0.4) is 0 Å². The minimum Gasteiger partial charge on any atom is -0.433 e. The number of alkyl carbamates (subject to hydrolysis) is 1. The van der Waals surface area contributed by atoms with Crippen LogP contribution in [0.5, 0.6) is 0 Å². The summed E-state index contributed by atoms with van der Waals surface area (Å²) >= 11 is 0. The van der Waals surface area contributed by atoms with Crippen LogP contribution in [0.4, 0.5) is 4.79 Å². The summed E-state index contributed by atoms with van der Waals surface area (Å²) in [6, 6.07) is 0. The fourth-order valence-corrected chi connectivity index (χ4v) is 1.38. The molecule has 0 aromatic rings. The van der Waals surface area contributed by atoms with Crippen LogP contribution in [0.1, 0.15) is 39.5 Å². The van der Waals surface area contributed by atoms with Crippen molar-refractivity contribution in [1.29, 1.82) is 0 Å². The zero-order valence-electron chi connectivity index (χ0n) is 8.05. The Kier molecular flexibility index (Phi) is 2.90. The van der Waals surface area contributed by atoms with Gasteiger partial charge in [-0.15, -0.1) is 0 Å². The van der Waals surface area contributed by atoms with E-state index < -0.39 is 11.7 Å². The lowest BCUT2D eigenvalue weighted by atomic mass is 9.98. The molecular weight excluding hydrogens is 170 g/mol. The molecule has 1 aliphatic rings. The van der Waals surface area contributed by atoms with Gasteiger partial charge in [0.05, 0.1) is 0 Å². The number of nitrogens with one attached hydrogen (secondary N) is 1. The Morgan fingerprint density at radius 1 is 1.38 bits per heavy atom. The molecule has 1 heterocycles. The lowest BCUT2D eigenvalue weighted by molar-refractivity contribution is -0.130. The summed E-state index contributed by atoms with van der Waals surface area (Å²) in [5.41, 5.74) is -0.924. The van der Waals surface area contributed by atoms with E-state index in [2.05, 4.69) is 12.2 Å². The molecular formula is C9H15NO3. The molecule has 0 aliphatic carbocycles. The zero-order chi connectivity index (χ0) is 9.90. The van der Waals surface area contributed by atoms with Crippen LogP contribution in [0.25, 0.3) is 0 Å². The third-order valence-corrected chi connectivity index (χ3v) is 2.27. The summed E-state index contributed by atoms with van der Waals surface area (Å²) in [6.45, 7) is 3.74. The van der Waals surface area contributed by atoms with E-state index in [4.69, 9.17) is 4.74 Å². The van der Waals surface area contributed by atoms with Crippen LogP contribution in [0, 0.1) is 0 Å². The first kappa shape index (κ1) is 10.0. The molecule has 0 saturated carbocycles. The third-order valence-electron chi connectivity index (χ3n) is 2.27. The number of ether oxygens (including phenoxy) is 1. The van der Waals surface area contributed by atoms with Gasteiger partial charge in [-0.1, -0.05) is 19.8 Å². The van der Waals surface area contributed by atoms with Crippen LogP contribution >= 0.6 is 0 Å². The molecule has 1 rings (SSSR count). The molecule has 13 heavy (non-hydrogen) atoms. The SMILES string of the molecule is CCCCCC1(C)OC(=O)NC1=O. The Bertz CT molecular complexity index is 227. The summed E-state index contributed by atoms with van der Waals surface area (Å²) in [5.74, 6) is -0.311. The number of hydrogen-bond acceptors (Lipinski definition) is 3. The standard InChI is InChI=1S/C9H15NO3/c1-3-4-5-6-9(2)7(11)10-8(12)13-9/h3-6H2,1-2H3,(H,10,11,12). The van der Waals surface area contributed by atoms with Crippen molar-refractivity contribution in [2.24, 2.45) is 0 Å². The van der Waals surface area contributed by atoms with E-state index in [1.54, 1.807) is 6.92 Å². The number of hydrogen-bond donors (Lipinski definition) is 1. The molecule has 0 aromatic heterocycles. The second kappa shape index (κ2) is 3.77. The maximum Gasteiger partial charge on any atom is 0.415 e. The number of carbonyl (C=O) groups is 2. The Morgan fingerprint density at radius 3 is 2.54 bits per heavy atom. The molecule has 1 unspecified atom stereocenters. The highest BCUT2D eigenvalue weighted by Crippen LogP contribution is 2.23. The Morgan fingerprint density at radius 2 is 2.08 bits per heavy atom. The fourth-order valence-electron chi connectivity index (χ4n) is 1.38. The van der Waals surface area contributed by atoms with E-state index in [1.165, 1.54) is 0 Å². The number of unbranched alkanes of at least 4 members (excludes halogenated alkanes) is 2. The van der Waals surface area contributed by atoms with Gasteiger partial charge >= 0.3 is 6.09 Å². The summed E-state index contributed by atoms with van der Waals surface area (Å²) in [4.78, 5) is 22.0. The molecule has 4 heteroatoms. The van der Waals surface area contributed by atoms with Gasteiger partial charge in [0.15, 0.2) is 5.60 Å². The predicted molar refractivity (Wildman–Crippen MR) is 47.2 cm³/mol. The third kappa shape index (κ3) is 2.20. The van der Waals surface area contributed by atoms with Crippen molar-refractivity contribution in [1.82, 2.24) is 5.32 Å². The van der Waals surface area contributed by atoms with Gasteiger partial charge in [-0.25, -0.2) is 4.79 Å². The van der Waals surface area contributed by atoms with Crippen LogP contribution in [0.2, 0.25) is 0 Å². The minimum absolute atomic E-state index is 0.311. The van der Waals surface area contributed by atoms with Gasteiger partial charge in [0, 0.05) is 0 Å². The Balaban J connectivity index is 2.46. The van der Waals surface area contributed by atoms with Crippen LogP contribution < -0.4 is 5.32 Å². The highest BCUT2D eigenvalue weighted by atomic mass is 16.6. The van der Waals surface area contributed by atoms with E-state index in [0.717, 1.165) is 19.3 Å². The lowest BCUT2D eigenvalue weighted by Gasteiger charge is -2.18. The van der Waals surface area contributed by atoms with E-state index in [0.29, 0.717) is 6.42 Å². The average Bonchev–Trinajstić information content (AvgIpc) is 2.27. The topological polar surface area (TPSA) is 55.4 Å². The second-order valence-electron chi connectivity index (χ2n) is 3.53. The van der Waals surface area contributed by atoms with Gasteiger partial charge in [-0.05, 0) is 19.8 Å². The van der Waals surface area contributed by atoms with Crippen molar-refractivity contribution in [3.63, 3.8) is 0 Å². The minimum atomic E-state index is -0.924. The molecule has 1 atom stereocenters. The molecule has 1 N–H and O–H groups in total. The number of rotatable bonds is 4. The van der Waals surface area contributed by atoms with Crippen LogP contribution in [0.15, 0.2) is 0 Å². The number of imide groups is 1. The highest BCUT2D eigenvalue weighted by molar-refractivity contribution is 6.02. The van der Waals surface area contributed by atoms with Gasteiger partial charge in [0.2, 0.25) is 0 Å². The fraction of sp³-hybridized carbons (Fsp3) is 0.778. The van der Waals surface area contributed by atoms with Gasteiger partial charge < -0.3 is 4.74 Å². The summed E-state index contributed by atoms with van der Waals surface area (Å²) in [7, 11) is 0. The van der Waals surface area contributed by atoms with E-state index >= 15 is 0 Å². The maximum atomic E-state index is 11.2. The van der Waals surface area contributed by atoms with Gasteiger partial charge in [0.25, 0.3) is 5.91 Å². The predicted octanol–water partition coefficient (Wildman–Crippen LogP) is 1.59. The first-order valence-electron chi connectivity index (χ1n) is 4.63. The normalized spacial score (nSPS) is 27.2. The molecule has 1 aliphatic heterocycles. The molecule has 0 spiro atoms. The largest absolute Gasteiger partial charge is 0.433 e. The van der Waals surface area contributed by atoms with Gasteiger partial charge in [-0.2, -0.15) is 0 Å². The van der Waals surface area contributed by atoms with Crippen molar-refractivity contribution in [2.75, 3.05) is 0 Å². The van der Waals surface area contributed by atoms with Crippen molar-refractivity contribution in [2.45, 2.75) is 45.1 Å². The molecule has 4 nitrogen and oxygen atoms in total. The molecule has 74 valence electrons. The Labute approximate surface area is 77.6 Å². The number of amides is 2. The first-order valence-corrected chi connectivity index (χ1v) is 4.63. The van der Waals surface area contributed by atoms with Crippen molar-refractivity contribution >= 4 is 12.0 Å². The van der Waals surface area contributed by atoms with Crippen LogP contribution in [-0.2, 0) is 9.53 Å². The van der Waals surface area contributed by atoms with Gasteiger partial charge in [-0.3, -0.25) is 10.1 Å². The molecule has 1 fully saturated rings. The smallest absolute Gasteiger partial charge is 0.415 e. The van der Waals surface area contributed by atoms with E-state index in [1.807, 2.05) is 0 Å². The monoisotopic (exact) mass is 185 g/mol. The molecule has 1 saturated heterocycles. The van der Waals surface area contributed by atoms with Crippen molar-refractivity contribution < 1.29 is 14.3 Å². The zero-order valence-corrected chi connectivity index (χ0v) is 8.05. The molecule has 0 bridgehead atoms. The van der Waals surface area contributed by atoms with E-state index in [-0.39, 0.29) is 5.91 Å². The Hall–Kier alpha value is -1.06. The van der Waals surface area contributed by atoms with Crippen molar-refractivity contribution in [3.8, 4) is 0 Å². The van der Waals surface area contributed by atoms with Crippen LogP contribution in [-0.4, -0.2) is 17.6 Å². The summed E-state index contributed by atoms with van der Waals surface area (Å²) in [6.07, 6.45) is 3.04. The molecule has 0 aromatic carbocycles.